The van der Waals surface area contributed by atoms with Crippen molar-refractivity contribution in [1.82, 2.24) is 9.03 Å². The molecule has 0 spiro atoms. The smallest absolute Gasteiger partial charge is 0.306 e. The van der Waals surface area contributed by atoms with Crippen molar-refractivity contribution in [2.45, 2.75) is 45.3 Å². The second-order valence-electron chi connectivity index (χ2n) is 6.06. The molecule has 1 heterocycles. The lowest BCUT2D eigenvalue weighted by Crippen LogP contribution is -2.52. The number of rotatable bonds is 5. The van der Waals surface area contributed by atoms with Crippen LogP contribution in [0.5, 0.6) is 0 Å². The number of carboxylic acids is 1. The number of carbonyl (C=O) groups is 1. The minimum atomic E-state index is -3.58. The molecule has 8 heteroatoms. The van der Waals surface area contributed by atoms with E-state index in [0.717, 1.165) is 12.8 Å². The first-order valence-corrected chi connectivity index (χ1v) is 8.86. The zero-order valence-electron chi connectivity index (χ0n) is 12.5. The van der Waals surface area contributed by atoms with Gasteiger partial charge < -0.3 is 9.84 Å². The molecule has 1 saturated carbocycles. The molecule has 0 radical (unpaired) electrons. The number of morpholine rings is 1. The fraction of sp³-hybridized carbons (Fsp3) is 0.923. The van der Waals surface area contributed by atoms with Crippen LogP contribution in [0.25, 0.3) is 0 Å². The number of hydrogen-bond acceptors (Lipinski definition) is 4. The quantitative estimate of drug-likeness (QED) is 0.766. The molecule has 0 aromatic carbocycles. The van der Waals surface area contributed by atoms with E-state index >= 15 is 0 Å². The fourth-order valence-electron chi connectivity index (χ4n) is 3.24. The highest BCUT2D eigenvalue weighted by Crippen LogP contribution is 2.31. The largest absolute Gasteiger partial charge is 0.481 e. The molecule has 2 fully saturated rings. The van der Waals surface area contributed by atoms with Gasteiger partial charge in [-0.25, -0.2) is 4.72 Å². The van der Waals surface area contributed by atoms with Crippen molar-refractivity contribution in [3.05, 3.63) is 0 Å². The average Bonchev–Trinajstić information content (AvgIpc) is 2.83. The Labute approximate surface area is 125 Å². The van der Waals surface area contributed by atoms with Crippen LogP contribution < -0.4 is 4.72 Å². The van der Waals surface area contributed by atoms with Crippen LogP contribution in [0.1, 0.15) is 33.1 Å². The van der Waals surface area contributed by atoms with Crippen LogP contribution in [0.15, 0.2) is 0 Å². The Kier molecular flexibility index (Phi) is 5.24. The highest BCUT2D eigenvalue weighted by atomic mass is 32.2. The maximum atomic E-state index is 12.3. The van der Waals surface area contributed by atoms with Crippen molar-refractivity contribution >= 4 is 16.2 Å². The average molecular weight is 320 g/mol. The normalized spacial score (nSPS) is 35.0. The third kappa shape index (κ3) is 4.15. The van der Waals surface area contributed by atoms with Crippen LogP contribution in [0.3, 0.4) is 0 Å². The molecule has 122 valence electrons. The van der Waals surface area contributed by atoms with E-state index in [9.17, 15) is 13.2 Å². The van der Waals surface area contributed by atoms with E-state index in [4.69, 9.17) is 9.84 Å². The topological polar surface area (TPSA) is 95.9 Å². The third-order valence-electron chi connectivity index (χ3n) is 4.23. The van der Waals surface area contributed by atoms with Gasteiger partial charge in [0.05, 0.1) is 18.1 Å². The van der Waals surface area contributed by atoms with Crippen LogP contribution in [0.2, 0.25) is 0 Å². The fourth-order valence-corrected chi connectivity index (χ4v) is 4.66. The molecule has 2 rings (SSSR count). The van der Waals surface area contributed by atoms with Crippen LogP contribution in [-0.4, -0.2) is 55.6 Å². The van der Waals surface area contributed by atoms with Gasteiger partial charge in [0.2, 0.25) is 0 Å². The molecule has 21 heavy (non-hydrogen) atoms. The lowest BCUT2D eigenvalue weighted by Gasteiger charge is -2.34. The molecule has 2 N–H and O–H groups in total. The maximum absolute atomic E-state index is 12.3. The van der Waals surface area contributed by atoms with E-state index in [1.54, 1.807) is 0 Å². The van der Waals surface area contributed by atoms with Crippen LogP contribution >= 0.6 is 0 Å². The summed E-state index contributed by atoms with van der Waals surface area (Å²) in [6, 6.07) is 0. The minimum absolute atomic E-state index is 0.117. The SMILES string of the molecule is CC1CN(S(=O)(=O)NCC2CCCC2C(=O)O)CC(C)O1. The van der Waals surface area contributed by atoms with Crippen LogP contribution in [0.4, 0.5) is 0 Å². The Morgan fingerprint density at radius 3 is 2.48 bits per heavy atom. The molecule has 0 bridgehead atoms. The lowest BCUT2D eigenvalue weighted by molar-refractivity contribution is -0.142. The molecule has 7 nitrogen and oxygen atoms in total. The summed E-state index contributed by atoms with van der Waals surface area (Å²) in [6.45, 7) is 4.53. The molecule has 2 aliphatic rings. The number of nitrogens with zero attached hydrogens (tertiary/aromatic N) is 1. The van der Waals surface area contributed by atoms with Crippen molar-refractivity contribution in [2.75, 3.05) is 19.6 Å². The highest BCUT2D eigenvalue weighted by molar-refractivity contribution is 7.87. The molecular weight excluding hydrogens is 296 g/mol. The van der Waals surface area contributed by atoms with Crippen molar-refractivity contribution in [3.63, 3.8) is 0 Å². The number of carboxylic acid groups (broad SMARTS) is 1. The second-order valence-corrected chi connectivity index (χ2v) is 7.82. The van der Waals surface area contributed by atoms with E-state index in [-0.39, 0.29) is 24.7 Å². The zero-order chi connectivity index (χ0) is 15.6. The van der Waals surface area contributed by atoms with Crippen molar-refractivity contribution in [1.29, 1.82) is 0 Å². The highest BCUT2D eigenvalue weighted by Gasteiger charge is 2.35. The molecule has 0 aromatic rings. The number of hydrogen-bond donors (Lipinski definition) is 2. The van der Waals surface area contributed by atoms with Gasteiger partial charge in [0.15, 0.2) is 0 Å². The van der Waals surface area contributed by atoms with Crippen LogP contribution in [-0.2, 0) is 19.7 Å². The molecule has 4 unspecified atom stereocenters. The van der Waals surface area contributed by atoms with Crippen LogP contribution in [0, 0.1) is 11.8 Å². The van der Waals surface area contributed by atoms with Gasteiger partial charge in [0.1, 0.15) is 0 Å². The lowest BCUT2D eigenvalue weighted by atomic mass is 9.97. The van der Waals surface area contributed by atoms with Crippen molar-refractivity contribution in [2.24, 2.45) is 11.8 Å². The Morgan fingerprint density at radius 2 is 1.90 bits per heavy atom. The molecule has 0 amide bonds. The Bertz CT molecular complexity index is 471. The first kappa shape index (κ1) is 16.7. The summed E-state index contributed by atoms with van der Waals surface area (Å²) in [7, 11) is -3.58. The van der Waals surface area contributed by atoms with Gasteiger partial charge in [-0.15, -0.1) is 0 Å². The van der Waals surface area contributed by atoms with E-state index in [0.29, 0.717) is 19.5 Å². The Balaban J connectivity index is 1.93. The Hall–Kier alpha value is -0.700. The predicted octanol–water partition coefficient (Wildman–Crippen LogP) is 0.431. The summed E-state index contributed by atoms with van der Waals surface area (Å²) in [5.41, 5.74) is 0. The molecule has 1 aliphatic heterocycles. The molecular formula is C13H24N2O5S. The van der Waals surface area contributed by atoms with E-state index in [1.165, 1.54) is 4.31 Å². The standard InChI is InChI=1S/C13H24N2O5S/c1-9-7-15(8-10(2)20-9)21(18,19)14-6-11-4-3-5-12(11)13(16)17/h9-12,14H,3-8H2,1-2H3,(H,16,17). The summed E-state index contributed by atoms with van der Waals surface area (Å²) >= 11 is 0. The van der Waals surface area contributed by atoms with Gasteiger partial charge in [-0.1, -0.05) is 6.42 Å². The van der Waals surface area contributed by atoms with E-state index in [2.05, 4.69) is 4.72 Å². The first-order valence-electron chi connectivity index (χ1n) is 7.42. The minimum Gasteiger partial charge on any atom is -0.481 e. The van der Waals surface area contributed by atoms with E-state index in [1.807, 2.05) is 13.8 Å². The van der Waals surface area contributed by atoms with Gasteiger partial charge in [0.25, 0.3) is 10.2 Å². The number of aliphatic carboxylic acids is 1. The number of ether oxygens (including phenoxy) is 1. The van der Waals surface area contributed by atoms with Gasteiger partial charge in [0, 0.05) is 19.6 Å². The third-order valence-corrected chi connectivity index (χ3v) is 5.74. The summed E-state index contributed by atoms with van der Waals surface area (Å²) in [6.07, 6.45) is 1.96. The van der Waals surface area contributed by atoms with Crippen molar-refractivity contribution < 1.29 is 23.1 Å². The maximum Gasteiger partial charge on any atom is 0.306 e. The zero-order valence-corrected chi connectivity index (χ0v) is 13.3. The summed E-state index contributed by atoms with van der Waals surface area (Å²) in [5.74, 6) is -1.38. The Morgan fingerprint density at radius 1 is 1.29 bits per heavy atom. The van der Waals surface area contributed by atoms with Gasteiger partial charge in [-0.05, 0) is 32.6 Å². The van der Waals surface area contributed by atoms with Gasteiger partial charge in [-0.3, -0.25) is 4.79 Å². The predicted molar refractivity (Wildman–Crippen MR) is 77.0 cm³/mol. The van der Waals surface area contributed by atoms with E-state index < -0.39 is 22.1 Å². The summed E-state index contributed by atoms with van der Waals surface area (Å²) < 4.78 is 34.1. The number of nitrogens with one attached hydrogen (secondary N) is 1. The molecule has 4 atom stereocenters. The molecule has 0 aromatic heterocycles. The van der Waals surface area contributed by atoms with Gasteiger partial charge in [-0.2, -0.15) is 12.7 Å². The summed E-state index contributed by atoms with van der Waals surface area (Å²) in [4.78, 5) is 11.1. The molecule has 1 aliphatic carbocycles. The van der Waals surface area contributed by atoms with Crippen molar-refractivity contribution in [3.8, 4) is 0 Å². The van der Waals surface area contributed by atoms with Gasteiger partial charge >= 0.3 is 5.97 Å². The summed E-state index contributed by atoms with van der Waals surface area (Å²) in [5, 5.41) is 9.13. The second kappa shape index (κ2) is 6.60. The monoisotopic (exact) mass is 320 g/mol. The first-order chi connectivity index (χ1) is 9.79. The molecule has 1 saturated heterocycles.